The minimum Gasteiger partial charge on any atom is -0.381 e. The molecule has 2 aliphatic heterocycles. The fraction of sp³-hybridized carbons (Fsp3) is 0.706. The van der Waals surface area contributed by atoms with Crippen molar-refractivity contribution in [2.24, 2.45) is 5.92 Å². The molecule has 0 aromatic carbocycles. The summed E-state index contributed by atoms with van der Waals surface area (Å²) in [5, 5.41) is 3.29. The number of amides is 1. The molecule has 24 heavy (non-hydrogen) atoms. The number of aromatic nitrogens is 2. The van der Waals surface area contributed by atoms with Gasteiger partial charge in [-0.1, -0.05) is 0 Å². The van der Waals surface area contributed by atoms with E-state index in [0.29, 0.717) is 32.2 Å². The van der Waals surface area contributed by atoms with Crippen LogP contribution in [0.15, 0.2) is 12.4 Å². The number of carbonyl (C=O) groups excluding carboxylic acids is 1. The van der Waals surface area contributed by atoms with E-state index in [0.717, 1.165) is 44.0 Å². The fourth-order valence-electron chi connectivity index (χ4n) is 3.18. The summed E-state index contributed by atoms with van der Waals surface area (Å²) in [5.41, 5.74) is 1.02. The van der Waals surface area contributed by atoms with Gasteiger partial charge in [0.05, 0.1) is 12.3 Å². The number of nitrogens with one attached hydrogen (secondary N) is 1. The SMILES string of the molecule is CN(CCNc1cc([C@H]2CCOC2)ncn1)C(=O)C1CCOCC1. The minimum atomic E-state index is 0.108. The van der Waals surface area contributed by atoms with Gasteiger partial charge in [-0.3, -0.25) is 4.79 Å². The summed E-state index contributed by atoms with van der Waals surface area (Å²) in [7, 11) is 1.86. The predicted molar refractivity (Wildman–Crippen MR) is 89.9 cm³/mol. The van der Waals surface area contributed by atoms with Crippen LogP contribution in [0.1, 0.15) is 30.9 Å². The van der Waals surface area contributed by atoms with Crippen molar-refractivity contribution in [2.45, 2.75) is 25.2 Å². The summed E-state index contributed by atoms with van der Waals surface area (Å²) in [5.74, 6) is 1.49. The molecule has 0 aliphatic carbocycles. The van der Waals surface area contributed by atoms with Gasteiger partial charge in [-0.2, -0.15) is 0 Å². The molecular weight excluding hydrogens is 308 g/mol. The van der Waals surface area contributed by atoms with Crippen molar-refractivity contribution < 1.29 is 14.3 Å². The van der Waals surface area contributed by atoms with Gasteiger partial charge in [-0.15, -0.1) is 0 Å². The van der Waals surface area contributed by atoms with E-state index in [-0.39, 0.29) is 11.8 Å². The quantitative estimate of drug-likeness (QED) is 0.844. The number of hydrogen-bond acceptors (Lipinski definition) is 6. The number of ether oxygens (including phenoxy) is 2. The van der Waals surface area contributed by atoms with Crippen LogP contribution >= 0.6 is 0 Å². The van der Waals surface area contributed by atoms with Gasteiger partial charge in [0.1, 0.15) is 12.1 Å². The Bertz CT molecular complexity index is 542. The summed E-state index contributed by atoms with van der Waals surface area (Å²) in [6.07, 6.45) is 4.26. The molecule has 0 unspecified atom stereocenters. The lowest BCUT2D eigenvalue weighted by atomic mass is 9.99. The van der Waals surface area contributed by atoms with Crippen molar-refractivity contribution in [1.82, 2.24) is 14.9 Å². The number of hydrogen-bond donors (Lipinski definition) is 1. The van der Waals surface area contributed by atoms with E-state index in [4.69, 9.17) is 9.47 Å². The molecule has 132 valence electrons. The van der Waals surface area contributed by atoms with E-state index in [1.807, 2.05) is 13.1 Å². The molecule has 0 radical (unpaired) electrons. The highest BCUT2D eigenvalue weighted by Crippen LogP contribution is 2.24. The summed E-state index contributed by atoms with van der Waals surface area (Å²) < 4.78 is 10.7. The Morgan fingerprint density at radius 3 is 2.79 bits per heavy atom. The number of rotatable bonds is 6. The second-order valence-corrected chi connectivity index (χ2v) is 6.46. The zero-order chi connectivity index (χ0) is 16.8. The molecule has 2 saturated heterocycles. The average Bonchev–Trinajstić information content (AvgIpc) is 3.17. The Hall–Kier alpha value is -1.73. The highest BCUT2D eigenvalue weighted by molar-refractivity contribution is 5.78. The summed E-state index contributed by atoms with van der Waals surface area (Å²) in [6.45, 7) is 4.24. The van der Waals surface area contributed by atoms with Crippen LogP contribution in [0.5, 0.6) is 0 Å². The van der Waals surface area contributed by atoms with E-state index in [9.17, 15) is 4.79 Å². The van der Waals surface area contributed by atoms with E-state index in [1.165, 1.54) is 0 Å². The molecule has 1 amide bonds. The number of likely N-dealkylation sites (N-methyl/N-ethyl adjacent to an activating group) is 1. The lowest BCUT2D eigenvalue weighted by Crippen LogP contribution is -2.38. The standard InChI is InChI=1S/C17H26N4O3/c1-21(17(22)13-2-7-23-8-3-13)6-5-18-16-10-15(19-12-20-16)14-4-9-24-11-14/h10,12-14H,2-9,11H2,1H3,(H,18,19,20)/t14-/m0/s1. The molecule has 0 spiro atoms. The van der Waals surface area contributed by atoms with Crippen LogP contribution in [0.4, 0.5) is 5.82 Å². The van der Waals surface area contributed by atoms with Crippen molar-refractivity contribution >= 4 is 11.7 Å². The molecule has 1 N–H and O–H groups in total. The molecule has 7 heteroatoms. The minimum absolute atomic E-state index is 0.108. The molecular formula is C17H26N4O3. The topological polar surface area (TPSA) is 76.6 Å². The Balaban J connectivity index is 1.45. The third-order valence-electron chi connectivity index (χ3n) is 4.74. The second-order valence-electron chi connectivity index (χ2n) is 6.46. The van der Waals surface area contributed by atoms with Crippen LogP contribution in [0.3, 0.4) is 0 Å². The summed E-state index contributed by atoms with van der Waals surface area (Å²) in [4.78, 5) is 22.8. The maximum absolute atomic E-state index is 12.4. The average molecular weight is 334 g/mol. The molecule has 1 atom stereocenters. The zero-order valence-corrected chi connectivity index (χ0v) is 14.2. The van der Waals surface area contributed by atoms with Crippen molar-refractivity contribution in [3.8, 4) is 0 Å². The van der Waals surface area contributed by atoms with Crippen LogP contribution in [-0.2, 0) is 14.3 Å². The maximum atomic E-state index is 12.4. The Kier molecular flexibility index (Phi) is 5.98. The van der Waals surface area contributed by atoms with Gasteiger partial charge in [-0.05, 0) is 19.3 Å². The van der Waals surface area contributed by atoms with Crippen molar-refractivity contribution in [3.63, 3.8) is 0 Å². The third kappa shape index (κ3) is 4.42. The van der Waals surface area contributed by atoms with Gasteiger partial charge in [0.25, 0.3) is 0 Å². The third-order valence-corrected chi connectivity index (χ3v) is 4.74. The fourth-order valence-corrected chi connectivity index (χ4v) is 3.18. The Labute approximate surface area is 142 Å². The predicted octanol–water partition coefficient (Wildman–Crippen LogP) is 1.28. The smallest absolute Gasteiger partial charge is 0.225 e. The van der Waals surface area contributed by atoms with E-state index < -0.39 is 0 Å². The molecule has 1 aromatic heterocycles. The number of nitrogens with zero attached hydrogens (tertiary/aromatic N) is 3. The van der Waals surface area contributed by atoms with E-state index in [2.05, 4.69) is 15.3 Å². The molecule has 0 saturated carbocycles. The molecule has 2 fully saturated rings. The first-order chi connectivity index (χ1) is 11.7. The lowest BCUT2D eigenvalue weighted by molar-refractivity contribution is -0.137. The largest absolute Gasteiger partial charge is 0.381 e. The summed E-state index contributed by atoms with van der Waals surface area (Å²) >= 11 is 0. The van der Waals surface area contributed by atoms with Crippen LogP contribution in [-0.4, -0.2) is 67.3 Å². The Morgan fingerprint density at radius 1 is 1.25 bits per heavy atom. The summed E-state index contributed by atoms with van der Waals surface area (Å²) in [6, 6.07) is 1.99. The highest BCUT2D eigenvalue weighted by atomic mass is 16.5. The van der Waals surface area contributed by atoms with Crippen molar-refractivity contribution in [2.75, 3.05) is 51.9 Å². The maximum Gasteiger partial charge on any atom is 0.225 e. The second kappa shape index (κ2) is 8.39. The van der Waals surface area contributed by atoms with Gasteiger partial charge in [-0.25, -0.2) is 9.97 Å². The zero-order valence-electron chi connectivity index (χ0n) is 14.2. The first-order valence-corrected chi connectivity index (χ1v) is 8.70. The van der Waals surface area contributed by atoms with Gasteiger partial charge in [0.15, 0.2) is 0 Å². The molecule has 1 aromatic rings. The number of anilines is 1. The van der Waals surface area contributed by atoms with Crippen molar-refractivity contribution in [3.05, 3.63) is 18.1 Å². The Morgan fingerprint density at radius 2 is 2.04 bits per heavy atom. The van der Waals surface area contributed by atoms with Crippen LogP contribution in [0.25, 0.3) is 0 Å². The monoisotopic (exact) mass is 334 g/mol. The van der Waals surface area contributed by atoms with Gasteiger partial charge < -0.3 is 19.7 Å². The van der Waals surface area contributed by atoms with E-state index in [1.54, 1.807) is 11.2 Å². The number of carbonyl (C=O) groups is 1. The first kappa shape index (κ1) is 17.1. The van der Waals surface area contributed by atoms with Crippen LogP contribution < -0.4 is 5.32 Å². The molecule has 3 heterocycles. The van der Waals surface area contributed by atoms with E-state index >= 15 is 0 Å². The lowest BCUT2D eigenvalue weighted by Gasteiger charge is -2.26. The molecule has 2 aliphatic rings. The molecule has 0 bridgehead atoms. The van der Waals surface area contributed by atoms with Crippen LogP contribution in [0, 0.1) is 5.92 Å². The highest BCUT2D eigenvalue weighted by Gasteiger charge is 2.24. The van der Waals surface area contributed by atoms with Crippen molar-refractivity contribution in [1.29, 1.82) is 0 Å². The van der Waals surface area contributed by atoms with Gasteiger partial charge in [0.2, 0.25) is 5.91 Å². The first-order valence-electron chi connectivity index (χ1n) is 8.70. The van der Waals surface area contributed by atoms with Gasteiger partial charge >= 0.3 is 0 Å². The van der Waals surface area contributed by atoms with Crippen LogP contribution in [0.2, 0.25) is 0 Å². The molecule has 7 nitrogen and oxygen atoms in total. The molecule has 3 rings (SSSR count). The van der Waals surface area contributed by atoms with Gasteiger partial charge in [0, 0.05) is 57.9 Å². The normalized spacial score (nSPS) is 21.6.